The van der Waals surface area contributed by atoms with Crippen molar-refractivity contribution in [3.63, 3.8) is 0 Å². The minimum Gasteiger partial charge on any atom is -0.360 e. The lowest BCUT2D eigenvalue weighted by atomic mass is 10.0. The van der Waals surface area contributed by atoms with Crippen molar-refractivity contribution in [3.05, 3.63) is 100 Å². The fourth-order valence-corrected chi connectivity index (χ4v) is 4.57. The molecular weight excluding hydrogens is 468 g/mol. The zero-order valence-electron chi connectivity index (χ0n) is 16.7. The summed E-state index contributed by atoms with van der Waals surface area (Å²) in [5.41, 5.74) is 6.24. The first kappa shape index (κ1) is 21.1. The molecule has 0 aliphatic carbocycles. The first-order chi connectivity index (χ1) is 15.5. The van der Waals surface area contributed by atoms with Crippen molar-refractivity contribution in [2.75, 3.05) is 0 Å². The quantitative estimate of drug-likeness (QED) is 0.252. The van der Waals surface area contributed by atoms with Gasteiger partial charge in [-0.2, -0.15) is 0 Å². The highest BCUT2D eigenvalue weighted by Crippen LogP contribution is 2.37. The molecule has 160 valence electrons. The number of halogens is 4. The number of imidazole rings is 1. The van der Waals surface area contributed by atoms with Gasteiger partial charge >= 0.3 is 0 Å². The number of rotatable bonds is 5. The summed E-state index contributed by atoms with van der Waals surface area (Å²) in [5.74, 6) is -0.114. The summed E-state index contributed by atoms with van der Waals surface area (Å²) in [6.07, 6.45) is 3.67. The van der Waals surface area contributed by atoms with E-state index in [1.807, 2.05) is 54.7 Å². The van der Waals surface area contributed by atoms with Crippen LogP contribution in [0.25, 0.3) is 33.4 Å². The van der Waals surface area contributed by atoms with E-state index < -0.39 is 5.82 Å². The van der Waals surface area contributed by atoms with Gasteiger partial charge in [0.05, 0.1) is 22.7 Å². The molecule has 0 radical (unpaired) electrons. The van der Waals surface area contributed by atoms with Gasteiger partial charge in [0.25, 0.3) is 0 Å². The van der Waals surface area contributed by atoms with Gasteiger partial charge in [-0.15, -0.1) is 11.6 Å². The van der Waals surface area contributed by atoms with Crippen LogP contribution in [-0.4, -0.2) is 14.5 Å². The predicted octanol–water partition coefficient (Wildman–Crippen LogP) is 7.93. The van der Waals surface area contributed by atoms with Gasteiger partial charge < -0.3 is 9.55 Å². The number of benzene rings is 3. The van der Waals surface area contributed by atoms with Gasteiger partial charge in [0.1, 0.15) is 5.82 Å². The standard InChI is InChI=1S/C25H17Cl3FN3/c26-11-17-8-18(27)7-6-16(17)13-32-14-31-24(15-4-2-1-3-5-15)25(32)20-12-30-23-10-21(28)22(29)9-19(20)23/h1-10,12,14,30H,11,13H2. The smallest absolute Gasteiger partial charge is 0.142 e. The van der Waals surface area contributed by atoms with Gasteiger partial charge in [0.15, 0.2) is 0 Å². The molecule has 0 aliphatic rings. The number of aromatic nitrogens is 3. The lowest BCUT2D eigenvalue weighted by Gasteiger charge is -2.13. The van der Waals surface area contributed by atoms with E-state index in [1.165, 1.54) is 6.07 Å². The molecule has 1 N–H and O–H groups in total. The lowest BCUT2D eigenvalue weighted by molar-refractivity contribution is 0.630. The number of H-pyrrole nitrogens is 1. The van der Waals surface area contributed by atoms with E-state index >= 15 is 0 Å². The Hall–Kier alpha value is -2.79. The number of aromatic amines is 1. The molecule has 0 unspecified atom stereocenters. The number of alkyl halides is 1. The zero-order chi connectivity index (χ0) is 22.2. The maximum absolute atomic E-state index is 14.4. The van der Waals surface area contributed by atoms with Crippen molar-refractivity contribution in [1.82, 2.24) is 14.5 Å². The molecular formula is C25H17Cl3FN3. The third kappa shape index (κ3) is 3.79. The van der Waals surface area contributed by atoms with E-state index in [4.69, 9.17) is 39.8 Å². The second-order valence-electron chi connectivity index (χ2n) is 7.50. The van der Waals surface area contributed by atoms with Crippen molar-refractivity contribution in [2.45, 2.75) is 12.4 Å². The molecule has 5 rings (SSSR count). The molecule has 0 fully saturated rings. The van der Waals surface area contributed by atoms with E-state index in [0.717, 1.165) is 44.5 Å². The number of nitrogens with zero attached hydrogens (tertiary/aromatic N) is 2. The zero-order valence-corrected chi connectivity index (χ0v) is 19.0. The van der Waals surface area contributed by atoms with Crippen LogP contribution in [0, 0.1) is 5.82 Å². The molecule has 0 aliphatic heterocycles. The highest BCUT2D eigenvalue weighted by atomic mass is 35.5. The second-order valence-corrected chi connectivity index (χ2v) is 8.61. The van der Waals surface area contributed by atoms with Gasteiger partial charge in [-0.3, -0.25) is 0 Å². The first-order valence-corrected chi connectivity index (χ1v) is 11.2. The monoisotopic (exact) mass is 483 g/mol. The van der Waals surface area contributed by atoms with Gasteiger partial charge in [-0.25, -0.2) is 9.37 Å². The largest absolute Gasteiger partial charge is 0.360 e. The SMILES string of the molecule is Fc1cc2c(-c3c(-c4ccccc4)ncn3Cc3ccc(Cl)cc3CCl)c[nH]c2cc1Cl. The number of nitrogens with one attached hydrogen (secondary N) is 1. The Morgan fingerprint density at radius 1 is 0.969 bits per heavy atom. The Morgan fingerprint density at radius 3 is 2.56 bits per heavy atom. The minimum absolute atomic E-state index is 0.0793. The summed E-state index contributed by atoms with van der Waals surface area (Å²) in [6, 6.07) is 18.7. The van der Waals surface area contributed by atoms with E-state index in [1.54, 1.807) is 12.4 Å². The van der Waals surface area contributed by atoms with E-state index in [9.17, 15) is 4.39 Å². The maximum Gasteiger partial charge on any atom is 0.142 e. The third-order valence-corrected chi connectivity index (χ3v) is 6.33. The highest BCUT2D eigenvalue weighted by Gasteiger charge is 2.20. The molecule has 0 atom stereocenters. The summed E-state index contributed by atoms with van der Waals surface area (Å²) < 4.78 is 16.4. The Labute approximate surface area is 199 Å². The van der Waals surface area contributed by atoms with Crippen LogP contribution >= 0.6 is 34.8 Å². The van der Waals surface area contributed by atoms with E-state index in [2.05, 4.69) is 9.55 Å². The molecule has 0 saturated heterocycles. The van der Waals surface area contributed by atoms with E-state index in [0.29, 0.717) is 17.4 Å². The fraction of sp³-hybridized carbons (Fsp3) is 0.0800. The molecule has 0 amide bonds. The summed E-state index contributed by atoms with van der Waals surface area (Å²) >= 11 is 18.3. The minimum atomic E-state index is -0.463. The molecule has 0 spiro atoms. The Balaban J connectivity index is 1.72. The molecule has 7 heteroatoms. The van der Waals surface area contributed by atoms with Crippen LogP contribution in [0.3, 0.4) is 0 Å². The van der Waals surface area contributed by atoms with Crippen LogP contribution in [-0.2, 0) is 12.4 Å². The van der Waals surface area contributed by atoms with Crippen LogP contribution in [0.1, 0.15) is 11.1 Å². The van der Waals surface area contributed by atoms with Crippen LogP contribution < -0.4 is 0 Å². The van der Waals surface area contributed by atoms with Crippen molar-refractivity contribution in [2.24, 2.45) is 0 Å². The van der Waals surface area contributed by atoms with E-state index in [-0.39, 0.29) is 5.02 Å². The lowest BCUT2D eigenvalue weighted by Crippen LogP contribution is -2.03. The van der Waals surface area contributed by atoms with Crippen molar-refractivity contribution in [1.29, 1.82) is 0 Å². The molecule has 2 heterocycles. The summed E-state index contributed by atoms with van der Waals surface area (Å²) in [6.45, 7) is 0.539. The Bertz CT molecular complexity index is 1420. The van der Waals surface area contributed by atoms with Gasteiger partial charge in [-0.1, -0.05) is 59.6 Å². The summed E-state index contributed by atoms with van der Waals surface area (Å²) in [7, 11) is 0. The molecule has 3 aromatic carbocycles. The average molecular weight is 485 g/mol. The average Bonchev–Trinajstić information content (AvgIpc) is 3.39. The van der Waals surface area contributed by atoms with Gasteiger partial charge in [0.2, 0.25) is 0 Å². The van der Waals surface area contributed by atoms with Gasteiger partial charge in [0, 0.05) is 45.7 Å². The highest BCUT2D eigenvalue weighted by molar-refractivity contribution is 6.31. The second kappa shape index (κ2) is 8.62. The fourth-order valence-electron chi connectivity index (χ4n) is 3.96. The van der Waals surface area contributed by atoms with Crippen LogP contribution in [0.5, 0.6) is 0 Å². The molecule has 0 bridgehead atoms. The van der Waals surface area contributed by atoms with Crippen LogP contribution in [0.4, 0.5) is 4.39 Å². The van der Waals surface area contributed by atoms with Gasteiger partial charge in [-0.05, 0) is 35.4 Å². The van der Waals surface area contributed by atoms with Crippen LogP contribution in [0.15, 0.2) is 73.2 Å². The third-order valence-electron chi connectivity index (χ3n) is 5.52. The summed E-state index contributed by atoms with van der Waals surface area (Å²) in [4.78, 5) is 7.94. The number of hydrogen-bond acceptors (Lipinski definition) is 1. The topological polar surface area (TPSA) is 33.6 Å². The number of hydrogen-bond donors (Lipinski definition) is 1. The normalized spacial score (nSPS) is 11.4. The summed E-state index contributed by atoms with van der Waals surface area (Å²) in [5, 5.41) is 1.46. The molecule has 2 aromatic heterocycles. The maximum atomic E-state index is 14.4. The predicted molar refractivity (Wildman–Crippen MR) is 130 cm³/mol. The Kier molecular flexibility index (Phi) is 5.68. The Morgan fingerprint density at radius 2 is 1.78 bits per heavy atom. The number of fused-ring (bicyclic) bond motifs is 1. The first-order valence-electron chi connectivity index (χ1n) is 9.95. The van der Waals surface area contributed by atoms with Crippen molar-refractivity contribution >= 4 is 45.7 Å². The van der Waals surface area contributed by atoms with Crippen molar-refractivity contribution in [3.8, 4) is 22.5 Å². The molecule has 0 saturated carbocycles. The molecule has 32 heavy (non-hydrogen) atoms. The molecule has 5 aromatic rings. The van der Waals surface area contributed by atoms with Crippen molar-refractivity contribution < 1.29 is 4.39 Å². The molecule has 3 nitrogen and oxygen atoms in total. The van der Waals surface area contributed by atoms with Crippen LogP contribution in [0.2, 0.25) is 10.0 Å².